The number of nitrogens with one attached hydrogen (secondary N) is 1. The van der Waals surface area contributed by atoms with Gasteiger partial charge in [-0.05, 0) is 87.6 Å². The van der Waals surface area contributed by atoms with Crippen molar-refractivity contribution in [1.82, 2.24) is 20.2 Å². The summed E-state index contributed by atoms with van der Waals surface area (Å²) in [6.07, 6.45) is 7.50. The average Bonchev–Trinajstić information content (AvgIpc) is 3.41. The Morgan fingerprint density at radius 2 is 1.69 bits per heavy atom. The molecule has 3 aromatic rings. The maximum absolute atomic E-state index is 14.8. The van der Waals surface area contributed by atoms with E-state index in [1.54, 1.807) is 0 Å². The quantitative estimate of drug-likeness (QED) is 0.233. The third-order valence-electron chi connectivity index (χ3n) is 12.0. The number of carbonyl (C=O) groups is 3. The molecule has 2 aromatic carbocycles. The number of amides is 2. The highest BCUT2D eigenvalue weighted by Gasteiger charge is 2.66. The third-order valence-corrected chi connectivity index (χ3v) is 14.8. The molecule has 290 valence electrons. The van der Waals surface area contributed by atoms with E-state index in [1.165, 1.54) is 17.3 Å². The average molecular weight is 767 g/mol. The fourth-order valence-corrected chi connectivity index (χ4v) is 11.5. The number of aryl methyl sites for hydroxylation is 1. The SMILES string of the molecule is Cc1ccc2c(OC3C[C@H]4C(=O)C[C@]5(P(=O)(O)Cc6c(F)cccc6F)C[C@@H]5CCCCCCC[C@H](NC(=O)OC5CCCC5)C(=O)N4C3)ncnc2c1. The highest BCUT2D eigenvalue weighted by Crippen LogP contribution is 2.75. The molecule has 2 amide bonds. The summed E-state index contributed by atoms with van der Waals surface area (Å²) in [6.45, 7) is 1.96. The second-order valence-electron chi connectivity index (χ2n) is 15.7. The molecule has 1 aromatic heterocycles. The molecule has 3 heterocycles. The summed E-state index contributed by atoms with van der Waals surface area (Å²) in [7, 11) is -4.38. The lowest BCUT2D eigenvalue weighted by Gasteiger charge is -2.30. The van der Waals surface area contributed by atoms with Crippen molar-refractivity contribution in [3.05, 3.63) is 65.5 Å². The van der Waals surface area contributed by atoms with Crippen molar-refractivity contribution in [1.29, 1.82) is 0 Å². The number of halogens is 2. The van der Waals surface area contributed by atoms with Gasteiger partial charge in [-0.15, -0.1) is 0 Å². The van der Waals surface area contributed by atoms with Gasteiger partial charge >= 0.3 is 6.09 Å². The van der Waals surface area contributed by atoms with Crippen LogP contribution in [0.25, 0.3) is 10.9 Å². The van der Waals surface area contributed by atoms with Crippen LogP contribution in [0.4, 0.5) is 13.6 Å². The lowest BCUT2D eigenvalue weighted by molar-refractivity contribution is -0.139. The first-order valence-electron chi connectivity index (χ1n) is 19.4. The van der Waals surface area contributed by atoms with Gasteiger partial charge in [0.15, 0.2) is 5.78 Å². The van der Waals surface area contributed by atoms with E-state index in [9.17, 15) is 32.6 Å². The van der Waals surface area contributed by atoms with Crippen molar-refractivity contribution in [2.75, 3.05) is 6.54 Å². The van der Waals surface area contributed by atoms with Gasteiger partial charge in [-0.3, -0.25) is 14.2 Å². The summed E-state index contributed by atoms with van der Waals surface area (Å²) < 4.78 is 56.0. The Morgan fingerprint density at radius 1 is 0.981 bits per heavy atom. The summed E-state index contributed by atoms with van der Waals surface area (Å²) in [5.41, 5.74) is 1.21. The van der Waals surface area contributed by atoms with E-state index in [1.807, 2.05) is 25.1 Å². The first-order valence-corrected chi connectivity index (χ1v) is 21.2. The zero-order valence-electron chi connectivity index (χ0n) is 30.7. The second kappa shape index (κ2) is 16.0. The third kappa shape index (κ3) is 8.17. The first kappa shape index (κ1) is 38.3. The van der Waals surface area contributed by atoms with Crippen LogP contribution >= 0.6 is 7.37 Å². The molecule has 11 nitrogen and oxygen atoms in total. The molecule has 4 fully saturated rings. The van der Waals surface area contributed by atoms with E-state index in [4.69, 9.17) is 9.47 Å². The summed E-state index contributed by atoms with van der Waals surface area (Å²) in [5.74, 6) is -2.69. The van der Waals surface area contributed by atoms with Crippen LogP contribution in [0.5, 0.6) is 5.88 Å². The molecule has 2 aliphatic heterocycles. The van der Waals surface area contributed by atoms with Gasteiger partial charge in [0.05, 0.1) is 34.8 Å². The number of benzene rings is 2. The Morgan fingerprint density at radius 3 is 2.44 bits per heavy atom. The normalized spacial score (nSPS) is 28.0. The number of nitrogens with zero attached hydrogens (tertiary/aromatic N) is 3. The van der Waals surface area contributed by atoms with Crippen LogP contribution in [-0.4, -0.2) is 73.5 Å². The molecule has 0 spiro atoms. The molecule has 2 unspecified atom stereocenters. The van der Waals surface area contributed by atoms with Crippen molar-refractivity contribution in [3.63, 3.8) is 0 Å². The van der Waals surface area contributed by atoms with Gasteiger partial charge in [-0.1, -0.05) is 44.2 Å². The van der Waals surface area contributed by atoms with Crippen LogP contribution in [0.15, 0.2) is 42.7 Å². The Labute approximate surface area is 314 Å². The standard InChI is InChI=1S/C40H49F2N4O7P/c1-25-16-17-29-34(18-25)43-24-44-37(29)52-28-19-35-36(47)21-40(54(50,51)23-30-31(41)13-9-14-32(30)42)20-26(40)10-5-3-2-4-6-15-33(38(48)46(35)22-28)45-39(49)53-27-11-7-8-12-27/h9,13-14,16-18,24,26-28,33,35H,2-8,10-12,15,19-23H2,1H3,(H,45,49)(H,50,51)/t26-,28?,33-,35-,40+/m0/s1. The number of carbonyl (C=O) groups excluding carboxylic acids is 3. The number of ketones is 1. The minimum Gasteiger partial charge on any atom is -0.472 e. The van der Waals surface area contributed by atoms with E-state index < -0.39 is 71.9 Å². The molecular formula is C40H49F2N4O7P. The Hall–Kier alpha value is -3.96. The van der Waals surface area contributed by atoms with Gasteiger partial charge < -0.3 is 24.6 Å². The number of aromatic nitrogens is 2. The van der Waals surface area contributed by atoms with Gasteiger partial charge in [-0.2, -0.15) is 0 Å². The van der Waals surface area contributed by atoms with E-state index in [0.717, 1.165) is 69.1 Å². The predicted octanol–water partition coefficient (Wildman–Crippen LogP) is 7.53. The monoisotopic (exact) mass is 766 g/mol. The molecule has 0 radical (unpaired) electrons. The smallest absolute Gasteiger partial charge is 0.408 e. The van der Waals surface area contributed by atoms with Crippen LogP contribution in [0, 0.1) is 24.5 Å². The number of hydrogen-bond donors (Lipinski definition) is 2. The predicted molar refractivity (Wildman–Crippen MR) is 197 cm³/mol. The molecule has 2 saturated carbocycles. The van der Waals surface area contributed by atoms with Crippen molar-refractivity contribution in [2.24, 2.45) is 5.92 Å². The lowest BCUT2D eigenvalue weighted by atomic mass is 10.0. The maximum Gasteiger partial charge on any atom is 0.408 e. The van der Waals surface area contributed by atoms with Crippen molar-refractivity contribution >= 4 is 36.1 Å². The second-order valence-corrected chi connectivity index (χ2v) is 18.4. The van der Waals surface area contributed by atoms with E-state index in [0.29, 0.717) is 36.0 Å². The summed E-state index contributed by atoms with van der Waals surface area (Å²) in [6, 6.07) is 6.99. The minimum atomic E-state index is -4.38. The number of ether oxygens (including phenoxy) is 2. The van der Waals surface area contributed by atoms with Gasteiger partial charge in [0, 0.05) is 18.4 Å². The van der Waals surface area contributed by atoms with E-state index in [-0.39, 0.29) is 37.8 Å². The number of fused-ring (bicyclic) bond motifs is 3. The summed E-state index contributed by atoms with van der Waals surface area (Å²) in [5, 5.41) is 2.10. The van der Waals surface area contributed by atoms with Gasteiger partial charge in [0.2, 0.25) is 19.2 Å². The highest BCUT2D eigenvalue weighted by molar-refractivity contribution is 7.59. The molecule has 54 heavy (non-hydrogen) atoms. The van der Waals surface area contributed by atoms with Gasteiger partial charge in [-0.25, -0.2) is 23.5 Å². The fourth-order valence-electron chi connectivity index (χ4n) is 8.87. The summed E-state index contributed by atoms with van der Waals surface area (Å²) in [4.78, 5) is 64.1. The molecule has 0 bridgehead atoms. The van der Waals surface area contributed by atoms with Crippen molar-refractivity contribution in [2.45, 2.75) is 132 Å². The largest absolute Gasteiger partial charge is 0.472 e. The van der Waals surface area contributed by atoms with Gasteiger partial charge in [0.25, 0.3) is 0 Å². The summed E-state index contributed by atoms with van der Waals surface area (Å²) >= 11 is 0. The number of Topliss-reactive ketones (excluding diaryl/α,β-unsaturated/α-hetero) is 1. The van der Waals surface area contributed by atoms with Crippen LogP contribution in [-0.2, 0) is 25.1 Å². The van der Waals surface area contributed by atoms with E-state index >= 15 is 0 Å². The van der Waals surface area contributed by atoms with Gasteiger partial charge in [0.1, 0.15) is 36.2 Å². The molecule has 2 saturated heterocycles. The highest BCUT2D eigenvalue weighted by atomic mass is 31.2. The lowest BCUT2D eigenvalue weighted by Crippen LogP contribution is -2.52. The molecule has 2 N–H and O–H groups in total. The zero-order chi connectivity index (χ0) is 38.0. The Balaban J connectivity index is 1.19. The minimum absolute atomic E-state index is 0.0100. The van der Waals surface area contributed by atoms with Crippen LogP contribution in [0.2, 0.25) is 0 Å². The van der Waals surface area contributed by atoms with Crippen LogP contribution < -0.4 is 10.1 Å². The molecular weight excluding hydrogens is 717 g/mol. The fraction of sp³-hybridized carbons (Fsp3) is 0.575. The maximum atomic E-state index is 14.8. The van der Waals surface area contributed by atoms with Crippen LogP contribution in [0.3, 0.4) is 0 Å². The number of alkyl carbamates (subject to hydrolysis) is 1. The topological polar surface area (TPSA) is 148 Å². The number of rotatable bonds is 7. The molecule has 14 heteroatoms. The molecule has 2 aliphatic carbocycles. The first-order chi connectivity index (χ1) is 25.9. The molecule has 7 rings (SSSR count). The molecule has 6 atom stereocenters. The van der Waals surface area contributed by atoms with E-state index in [2.05, 4.69) is 15.3 Å². The number of hydrogen-bond acceptors (Lipinski definition) is 8. The van der Waals surface area contributed by atoms with Crippen molar-refractivity contribution < 1.29 is 42.1 Å². The Kier molecular flexibility index (Phi) is 11.4. The van der Waals surface area contributed by atoms with Crippen LogP contribution in [0.1, 0.15) is 101 Å². The molecule has 4 aliphatic rings. The van der Waals surface area contributed by atoms with Crippen molar-refractivity contribution in [3.8, 4) is 5.88 Å². The zero-order valence-corrected chi connectivity index (χ0v) is 31.6. The Bertz CT molecular complexity index is 1920.